The number of benzene rings is 2. The zero-order valence-corrected chi connectivity index (χ0v) is 15.8. The number of nitrogen functional groups attached to an aromatic ring is 1. The van der Waals surface area contributed by atoms with E-state index in [1.54, 1.807) is 16.8 Å². The van der Waals surface area contributed by atoms with Gasteiger partial charge in [0.2, 0.25) is 0 Å². The fourth-order valence-corrected chi connectivity index (χ4v) is 4.44. The molecule has 0 atom stereocenters. The van der Waals surface area contributed by atoms with E-state index in [1.807, 2.05) is 16.8 Å². The number of phenolic OH excluding ortho intramolecular Hbond substituents is 1. The van der Waals surface area contributed by atoms with Crippen molar-refractivity contribution >= 4 is 27.8 Å². The van der Waals surface area contributed by atoms with Crippen molar-refractivity contribution < 1.29 is 9.50 Å². The zero-order chi connectivity index (χ0) is 20.4. The van der Waals surface area contributed by atoms with E-state index in [1.165, 1.54) is 29.6 Å². The van der Waals surface area contributed by atoms with Gasteiger partial charge in [-0.15, -0.1) is 0 Å². The normalized spacial score (nSPS) is 14.0. The maximum Gasteiger partial charge on any atom is 0.172 e. The summed E-state index contributed by atoms with van der Waals surface area (Å²) in [6, 6.07) is 12.9. The van der Waals surface area contributed by atoms with Gasteiger partial charge in [0.05, 0.1) is 11.6 Å². The Morgan fingerprint density at radius 1 is 1.07 bits per heavy atom. The molecular weight excluding hydrogens is 383 g/mol. The number of hydrogen-bond acceptors (Lipinski definition) is 5. The average molecular weight is 400 g/mol. The average Bonchev–Trinajstić information content (AvgIpc) is 3.43. The van der Waals surface area contributed by atoms with Crippen LogP contribution in [0.25, 0.3) is 27.8 Å². The van der Waals surface area contributed by atoms with Gasteiger partial charge in [-0.2, -0.15) is 5.10 Å². The molecule has 7 nitrogen and oxygen atoms in total. The van der Waals surface area contributed by atoms with Crippen LogP contribution in [0.3, 0.4) is 0 Å². The molecule has 0 spiro atoms. The number of aromatic nitrogens is 5. The molecule has 30 heavy (non-hydrogen) atoms. The van der Waals surface area contributed by atoms with Crippen molar-refractivity contribution in [2.45, 2.75) is 18.9 Å². The number of aromatic hydroxyl groups is 1. The van der Waals surface area contributed by atoms with E-state index in [4.69, 9.17) is 10.8 Å². The van der Waals surface area contributed by atoms with Gasteiger partial charge in [-0.1, -0.05) is 24.3 Å². The first kappa shape index (κ1) is 17.0. The van der Waals surface area contributed by atoms with Gasteiger partial charge in [-0.3, -0.25) is 4.57 Å². The minimum atomic E-state index is -0.665. The van der Waals surface area contributed by atoms with Crippen molar-refractivity contribution in [3.63, 3.8) is 0 Å². The quantitative estimate of drug-likeness (QED) is 0.473. The second-order valence-corrected chi connectivity index (χ2v) is 7.60. The maximum absolute atomic E-state index is 13.8. The second-order valence-electron chi connectivity index (χ2n) is 7.60. The van der Waals surface area contributed by atoms with Crippen molar-refractivity contribution in [1.29, 1.82) is 0 Å². The van der Waals surface area contributed by atoms with Gasteiger partial charge in [0, 0.05) is 17.6 Å². The summed E-state index contributed by atoms with van der Waals surface area (Å²) in [5.41, 5.74) is 10.1. The molecule has 3 heterocycles. The van der Waals surface area contributed by atoms with Crippen LogP contribution in [-0.4, -0.2) is 29.4 Å². The number of anilines is 1. The van der Waals surface area contributed by atoms with Crippen LogP contribution >= 0.6 is 0 Å². The van der Waals surface area contributed by atoms with Crippen molar-refractivity contribution in [1.82, 2.24) is 24.3 Å². The third-order valence-corrected chi connectivity index (χ3v) is 5.86. The van der Waals surface area contributed by atoms with E-state index in [-0.39, 0.29) is 6.04 Å². The van der Waals surface area contributed by atoms with Gasteiger partial charge in [-0.25, -0.2) is 19.0 Å². The van der Waals surface area contributed by atoms with Crippen LogP contribution in [-0.2, 0) is 12.8 Å². The molecule has 0 radical (unpaired) electrons. The first-order chi connectivity index (χ1) is 14.6. The molecule has 6 rings (SSSR count). The highest BCUT2D eigenvalue weighted by Crippen LogP contribution is 2.35. The Kier molecular flexibility index (Phi) is 3.41. The zero-order valence-electron chi connectivity index (χ0n) is 15.8. The van der Waals surface area contributed by atoms with E-state index in [2.05, 4.69) is 22.1 Å². The standard InChI is InChI=1S/C22H17FN6O/c23-16-9-14-5-6-28(17(14)10-18(16)30)22-19-20(24)25-11-26-21(19)29(27-22)15-7-12-3-1-2-4-13(12)8-15/h1-6,9-11,15,30H,7-8H2,(H2,24,25,26). The highest BCUT2D eigenvalue weighted by Gasteiger charge is 2.28. The number of halogens is 1. The third kappa shape index (κ3) is 2.33. The summed E-state index contributed by atoms with van der Waals surface area (Å²) in [6.07, 6.45) is 4.94. The van der Waals surface area contributed by atoms with Gasteiger partial charge in [0.25, 0.3) is 0 Å². The number of nitrogens with zero attached hydrogens (tertiary/aromatic N) is 5. The molecule has 148 valence electrons. The number of hydrogen-bond donors (Lipinski definition) is 2. The molecule has 0 bridgehead atoms. The van der Waals surface area contributed by atoms with Gasteiger partial charge >= 0.3 is 0 Å². The molecule has 3 aromatic heterocycles. The molecule has 0 saturated heterocycles. The van der Waals surface area contributed by atoms with Gasteiger partial charge in [0.15, 0.2) is 23.0 Å². The largest absolute Gasteiger partial charge is 0.505 e. The number of rotatable bonds is 2. The van der Waals surface area contributed by atoms with E-state index in [9.17, 15) is 9.50 Å². The topological polar surface area (TPSA) is 94.8 Å². The Balaban J connectivity index is 1.57. The molecule has 0 amide bonds. The maximum atomic E-state index is 13.8. The van der Waals surface area contributed by atoms with Gasteiger partial charge < -0.3 is 10.8 Å². The minimum Gasteiger partial charge on any atom is -0.505 e. The molecule has 0 fully saturated rings. The van der Waals surface area contributed by atoms with E-state index in [0.29, 0.717) is 33.6 Å². The summed E-state index contributed by atoms with van der Waals surface area (Å²) in [5, 5.41) is 16.1. The van der Waals surface area contributed by atoms with Crippen LogP contribution < -0.4 is 5.73 Å². The fourth-order valence-electron chi connectivity index (χ4n) is 4.44. The number of phenols is 1. The van der Waals surface area contributed by atoms with Crippen LogP contribution in [0.2, 0.25) is 0 Å². The molecule has 0 unspecified atom stereocenters. The Labute approximate surface area is 170 Å². The smallest absolute Gasteiger partial charge is 0.172 e. The molecule has 1 aliphatic rings. The predicted molar refractivity (Wildman–Crippen MR) is 111 cm³/mol. The summed E-state index contributed by atoms with van der Waals surface area (Å²) < 4.78 is 17.5. The highest BCUT2D eigenvalue weighted by atomic mass is 19.1. The van der Waals surface area contributed by atoms with Crippen molar-refractivity contribution in [2.24, 2.45) is 0 Å². The fraction of sp³-hybridized carbons (Fsp3) is 0.136. The summed E-state index contributed by atoms with van der Waals surface area (Å²) in [7, 11) is 0. The Morgan fingerprint density at radius 3 is 2.60 bits per heavy atom. The molecule has 8 heteroatoms. The lowest BCUT2D eigenvalue weighted by Crippen LogP contribution is -2.12. The van der Waals surface area contributed by atoms with Crippen LogP contribution in [0, 0.1) is 5.82 Å². The van der Waals surface area contributed by atoms with Gasteiger partial charge in [-0.05, 0) is 36.1 Å². The second kappa shape index (κ2) is 6.03. The lowest BCUT2D eigenvalue weighted by molar-refractivity contribution is 0.433. The number of nitrogens with two attached hydrogens (primary N) is 1. The van der Waals surface area contributed by atoms with Crippen molar-refractivity contribution in [3.05, 3.63) is 71.9 Å². The van der Waals surface area contributed by atoms with E-state index in [0.717, 1.165) is 12.8 Å². The first-order valence-electron chi connectivity index (χ1n) is 9.65. The van der Waals surface area contributed by atoms with E-state index < -0.39 is 11.6 Å². The van der Waals surface area contributed by atoms with Crippen LogP contribution in [0.4, 0.5) is 10.2 Å². The predicted octanol–water partition coefficient (Wildman–Crippen LogP) is 3.54. The Morgan fingerprint density at radius 2 is 1.83 bits per heavy atom. The van der Waals surface area contributed by atoms with E-state index >= 15 is 0 Å². The SMILES string of the molecule is Nc1ncnc2c1c(-n1ccc3cc(F)c(O)cc31)nn2C1Cc2ccccc2C1. The first-order valence-corrected chi connectivity index (χ1v) is 9.65. The summed E-state index contributed by atoms with van der Waals surface area (Å²) in [6.45, 7) is 0. The monoisotopic (exact) mass is 400 g/mol. The lowest BCUT2D eigenvalue weighted by Gasteiger charge is -2.10. The summed E-state index contributed by atoms with van der Waals surface area (Å²) in [4.78, 5) is 8.64. The van der Waals surface area contributed by atoms with Crippen molar-refractivity contribution in [3.8, 4) is 11.6 Å². The minimum absolute atomic E-state index is 0.112. The van der Waals surface area contributed by atoms with Crippen LogP contribution in [0.1, 0.15) is 17.2 Å². The summed E-state index contributed by atoms with van der Waals surface area (Å²) in [5.74, 6) is -0.200. The molecule has 3 N–H and O–H groups in total. The lowest BCUT2D eigenvalue weighted by atomic mass is 10.1. The van der Waals surface area contributed by atoms with Crippen molar-refractivity contribution in [2.75, 3.05) is 5.73 Å². The molecule has 0 aliphatic heterocycles. The molecule has 2 aromatic carbocycles. The molecular formula is C22H17FN6O. The van der Waals surface area contributed by atoms with Gasteiger partial charge in [0.1, 0.15) is 17.5 Å². The van der Waals surface area contributed by atoms with Crippen LogP contribution in [0.15, 0.2) is 55.0 Å². The van der Waals surface area contributed by atoms with Crippen LogP contribution in [0.5, 0.6) is 5.75 Å². The Bertz CT molecular complexity index is 1430. The molecule has 1 aliphatic carbocycles. The highest BCUT2D eigenvalue weighted by molar-refractivity contribution is 5.95. The number of fused-ring (bicyclic) bond motifs is 3. The summed E-state index contributed by atoms with van der Waals surface area (Å²) >= 11 is 0. The molecule has 5 aromatic rings. The Hall–Kier alpha value is -3.94. The molecule has 0 saturated carbocycles. The third-order valence-electron chi connectivity index (χ3n) is 5.86.